The Labute approximate surface area is 109 Å². The van der Waals surface area contributed by atoms with Crippen LogP contribution in [0.4, 0.5) is 0 Å². The molecule has 0 saturated heterocycles. The van der Waals surface area contributed by atoms with Gasteiger partial charge in [-0.3, -0.25) is 9.36 Å². The van der Waals surface area contributed by atoms with Crippen LogP contribution in [0, 0.1) is 0 Å². The number of benzene rings is 1. The van der Waals surface area contributed by atoms with Gasteiger partial charge >= 0.3 is 5.97 Å². The molecule has 0 saturated carbocycles. The Morgan fingerprint density at radius 3 is 2.67 bits per heavy atom. The van der Waals surface area contributed by atoms with Crippen LogP contribution in [-0.4, -0.2) is 23.6 Å². The smallest absolute Gasteiger partial charge is 0.355 e. The van der Waals surface area contributed by atoms with Crippen molar-refractivity contribution in [3.05, 3.63) is 58.9 Å². The number of hydrogen-bond donors (Lipinski definition) is 0. The summed E-state index contributed by atoms with van der Waals surface area (Å²) in [6.07, 6.45) is 1.51. The van der Waals surface area contributed by atoms with Crippen LogP contribution in [0.2, 0.25) is 5.02 Å². The standard InChI is InChI=1S/C13H10ClNO3/c1-18-13(17)11-6-3-7-15(11)12(16)9-4-2-5-10(14)8-9/h2-8H,1H3. The summed E-state index contributed by atoms with van der Waals surface area (Å²) in [5.41, 5.74) is 0.589. The molecule has 4 nitrogen and oxygen atoms in total. The molecule has 0 amide bonds. The highest BCUT2D eigenvalue weighted by atomic mass is 35.5. The van der Waals surface area contributed by atoms with Gasteiger partial charge < -0.3 is 4.74 Å². The Morgan fingerprint density at radius 1 is 1.22 bits per heavy atom. The van der Waals surface area contributed by atoms with E-state index in [1.54, 1.807) is 30.3 Å². The lowest BCUT2D eigenvalue weighted by Crippen LogP contribution is -2.17. The van der Waals surface area contributed by atoms with Gasteiger partial charge in [-0.2, -0.15) is 0 Å². The summed E-state index contributed by atoms with van der Waals surface area (Å²) in [4.78, 5) is 23.7. The van der Waals surface area contributed by atoms with E-state index < -0.39 is 5.97 Å². The fourth-order valence-corrected chi connectivity index (χ4v) is 1.78. The van der Waals surface area contributed by atoms with Crippen LogP contribution >= 0.6 is 11.6 Å². The molecule has 2 aromatic rings. The Balaban J connectivity index is 2.41. The Bertz CT molecular complexity index is 604. The van der Waals surface area contributed by atoms with Crippen molar-refractivity contribution < 1.29 is 14.3 Å². The minimum Gasteiger partial charge on any atom is -0.464 e. The predicted molar refractivity (Wildman–Crippen MR) is 67.0 cm³/mol. The summed E-state index contributed by atoms with van der Waals surface area (Å²) in [6.45, 7) is 0. The van der Waals surface area contributed by atoms with E-state index in [0.717, 1.165) is 0 Å². The fourth-order valence-electron chi connectivity index (χ4n) is 1.59. The number of aromatic nitrogens is 1. The molecule has 0 radical (unpaired) electrons. The molecule has 0 N–H and O–H groups in total. The van der Waals surface area contributed by atoms with E-state index in [-0.39, 0.29) is 11.6 Å². The number of methoxy groups -OCH3 is 1. The number of esters is 1. The lowest BCUT2D eigenvalue weighted by Gasteiger charge is -2.06. The molecular formula is C13H10ClNO3. The zero-order valence-electron chi connectivity index (χ0n) is 9.59. The minimum absolute atomic E-state index is 0.183. The number of ether oxygens (including phenoxy) is 1. The van der Waals surface area contributed by atoms with Gasteiger partial charge in [0.05, 0.1) is 7.11 Å². The Kier molecular flexibility index (Phi) is 3.48. The number of nitrogens with zero attached hydrogens (tertiary/aromatic N) is 1. The average Bonchev–Trinajstić information content (AvgIpc) is 2.86. The quantitative estimate of drug-likeness (QED) is 0.783. The molecule has 0 fully saturated rings. The van der Waals surface area contributed by atoms with Gasteiger partial charge in [0.1, 0.15) is 5.69 Å². The topological polar surface area (TPSA) is 48.3 Å². The first-order valence-electron chi connectivity index (χ1n) is 5.19. The minimum atomic E-state index is -0.560. The van der Waals surface area contributed by atoms with Gasteiger partial charge in [-0.25, -0.2) is 4.79 Å². The number of carbonyl (C=O) groups is 2. The second kappa shape index (κ2) is 5.06. The van der Waals surface area contributed by atoms with E-state index >= 15 is 0 Å². The molecule has 0 atom stereocenters. The van der Waals surface area contributed by atoms with Gasteiger partial charge in [0.25, 0.3) is 5.91 Å². The van der Waals surface area contributed by atoms with Crippen molar-refractivity contribution in [1.82, 2.24) is 4.57 Å². The van der Waals surface area contributed by atoms with Crippen molar-refractivity contribution in [1.29, 1.82) is 0 Å². The normalized spacial score (nSPS) is 10.1. The monoisotopic (exact) mass is 263 g/mol. The van der Waals surface area contributed by atoms with Gasteiger partial charge in [0.15, 0.2) is 0 Å². The number of hydrogen-bond acceptors (Lipinski definition) is 3. The third kappa shape index (κ3) is 2.28. The van der Waals surface area contributed by atoms with Crippen molar-refractivity contribution in [2.75, 3.05) is 7.11 Å². The van der Waals surface area contributed by atoms with Crippen molar-refractivity contribution >= 4 is 23.5 Å². The van der Waals surface area contributed by atoms with Gasteiger partial charge in [-0.05, 0) is 30.3 Å². The lowest BCUT2D eigenvalue weighted by molar-refractivity contribution is 0.0583. The summed E-state index contributed by atoms with van der Waals surface area (Å²) in [6, 6.07) is 9.66. The van der Waals surface area contributed by atoms with Crippen LogP contribution in [0.1, 0.15) is 20.8 Å². The number of carbonyl (C=O) groups excluding carboxylic acids is 2. The summed E-state index contributed by atoms with van der Waals surface area (Å²) >= 11 is 5.83. The van der Waals surface area contributed by atoms with Crippen LogP contribution in [0.5, 0.6) is 0 Å². The summed E-state index contributed by atoms with van der Waals surface area (Å²) in [7, 11) is 1.27. The van der Waals surface area contributed by atoms with Gasteiger partial charge in [-0.15, -0.1) is 0 Å². The van der Waals surface area contributed by atoms with Crippen LogP contribution in [-0.2, 0) is 4.74 Å². The molecule has 0 unspecified atom stereocenters. The highest BCUT2D eigenvalue weighted by Gasteiger charge is 2.17. The maximum Gasteiger partial charge on any atom is 0.355 e. The molecule has 1 heterocycles. The molecule has 0 aliphatic carbocycles. The van der Waals surface area contributed by atoms with E-state index in [4.69, 9.17) is 11.6 Å². The zero-order chi connectivity index (χ0) is 13.1. The van der Waals surface area contributed by atoms with E-state index in [1.807, 2.05) is 0 Å². The molecule has 0 bridgehead atoms. The third-order valence-electron chi connectivity index (χ3n) is 2.43. The molecule has 5 heteroatoms. The summed E-state index contributed by atoms with van der Waals surface area (Å²) in [5.74, 6) is -0.890. The van der Waals surface area contributed by atoms with E-state index in [1.165, 1.54) is 23.9 Å². The van der Waals surface area contributed by atoms with E-state index in [2.05, 4.69) is 4.74 Å². The molecule has 1 aromatic heterocycles. The van der Waals surface area contributed by atoms with Crippen molar-refractivity contribution in [2.24, 2.45) is 0 Å². The fraction of sp³-hybridized carbons (Fsp3) is 0.0769. The third-order valence-corrected chi connectivity index (χ3v) is 2.67. The SMILES string of the molecule is COC(=O)c1cccn1C(=O)c1cccc(Cl)c1. The molecule has 0 spiro atoms. The Morgan fingerprint density at radius 2 is 2.00 bits per heavy atom. The molecule has 0 aliphatic heterocycles. The molecule has 18 heavy (non-hydrogen) atoms. The van der Waals surface area contributed by atoms with Gasteiger partial charge in [0, 0.05) is 16.8 Å². The van der Waals surface area contributed by atoms with Crippen LogP contribution < -0.4 is 0 Å². The average molecular weight is 264 g/mol. The van der Waals surface area contributed by atoms with Crippen LogP contribution in [0.25, 0.3) is 0 Å². The van der Waals surface area contributed by atoms with E-state index in [9.17, 15) is 9.59 Å². The Hall–Kier alpha value is -2.07. The second-order valence-corrected chi connectivity index (χ2v) is 4.01. The maximum atomic E-state index is 12.2. The van der Waals surface area contributed by atoms with E-state index in [0.29, 0.717) is 10.6 Å². The summed E-state index contributed by atoms with van der Waals surface area (Å²) in [5, 5.41) is 0.465. The zero-order valence-corrected chi connectivity index (χ0v) is 10.3. The van der Waals surface area contributed by atoms with Gasteiger partial charge in [0.2, 0.25) is 0 Å². The van der Waals surface area contributed by atoms with Crippen molar-refractivity contribution in [3.63, 3.8) is 0 Å². The van der Waals surface area contributed by atoms with Crippen molar-refractivity contribution in [2.45, 2.75) is 0 Å². The lowest BCUT2D eigenvalue weighted by atomic mass is 10.2. The highest BCUT2D eigenvalue weighted by molar-refractivity contribution is 6.31. The molecular weight excluding hydrogens is 254 g/mol. The van der Waals surface area contributed by atoms with Crippen molar-refractivity contribution in [3.8, 4) is 0 Å². The number of rotatable bonds is 2. The molecule has 0 aliphatic rings. The van der Waals surface area contributed by atoms with Crippen LogP contribution in [0.3, 0.4) is 0 Å². The van der Waals surface area contributed by atoms with Gasteiger partial charge in [-0.1, -0.05) is 17.7 Å². The molecule has 92 valence electrons. The number of halogens is 1. The summed E-state index contributed by atoms with van der Waals surface area (Å²) < 4.78 is 5.84. The first kappa shape index (κ1) is 12.4. The predicted octanol–water partition coefficient (Wildman–Crippen LogP) is 2.62. The molecule has 2 rings (SSSR count). The molecule has 1 aromatic carbocycles. The second-order valence-electron chi connectivity index (χ2n) is 3.57. The maximum absolute atomic E-state index is 12.2. The first-order valence-corrected chi connectivity index (χ1v) is 5.57. The largest absolute Gasteiger partial charge is 0.464 e. The van der Waals surface area contributed by atoms with Crippen LogP contribution in [0.15, 0.2) is 42.6 Å². The highest BCUT2D eigenvalue weighted by Crippen LogP contribution is 2.14. The first-order chi connectivity index (χ1) is 8.63.